The molecule has 0 aliphatic heterocycles. The number of alkyl halides is 1. The Morgan fingerprint density at radius 1 is 1.13 bits per heavy atom. The van der Waals surface area contributed by atoms with Crippen LogP contribution in [0.15, 0.2) is 59.4 Å². The molecular formula is C18H16ClNO3. The number of hydrogen-bond donors (Lipinski definition) is 2. The molecule has 0 unspecified atom stereocenters. The van der Waals surface area contributed by atoms with Crippen LogP contribution in [0.1, 0.15) is 18.1 Å². The second kappa shape index (κ2) is 6.07. The van der Waals surface area contributed by atoms with Crippen LogP contribution in [0.3, 0.4) is 0 Å². The van der Waals surface area contributed by atoms with Gasteiger partial charge in [0.2, 0.25) is 5.56 Å². The van der Waals surface area contributed by atoms with Crippen molar-refractivity contribution in [1.29, 1.82) is 0 Å². The molecule has 4 nitrogen and oxygen atoms in total. The largest absolute Gasteiger partial charge is 0.487 e. The summed E-state index contributed by atoms with van der Waals surface area (Å²) in [5.74, 6) is 0.534. The van der Waals surface area contributed by atoms with Crippen molar-refractivity contribution in [3.63, 3.8) is 0 Å². The number of aromatic nitrogens is 1. The van der Waals surface area contributed by atoms with Crippen molar-refractivity contribution >= 4 is 22.5 Å². The second-order valence-electron chi connectivity index (χ2n) is 5.45. The van der Waals surface area contributed by atoms with Gasteiger partial charge in [0.05, 0.1) is 5.52 Å². The lowest BCUT2D eigenvalue weighted by Crippen LogP contribution is -2.14. The van der Waals surface area contributed by atoms with E-state index in [1.54, 1.807) is 18.2 Å². The van der Waals surface area contributed by atoms with E-state index < -0.39 is 5.06 Å². The van der Waals surface area contributed by atoms with Crippen molar-refractivity contribution in [1.82, 2.24) is 4.98 Å². The quantitative estimate of drug-likeness (QED) is 0.720. The first-order valence-electron chi connectivity index (χ1n) is 7.20. The molecule has 0 spiro atoms. The van der Waals surface area contributed by atoms with Crippen molar-refractivity contribution in [2.24, 2.45) is 0 Å². The monoisotopic (exact) mass is 329 g/mol. The molecule has 118 valence electrons. The van der Waals surface area contributed by atoms with Crippen LogP contribution < -0.4 is 10.3 Å². The first-order chi connectivity index (χ1) is 10.9. The third-order valence-corrected chi connectivity index (χ3v) is 3.79. The summed E-state index contributed by atoms with van der Waals surface area (Å²) in [6.45, 7) is 1.86. The van der Waals surface area contributed by atoms with E-state index in [-0.39, 0.29) is 5.56 Å². The van der Waals surface area contributed by atoms with E-state index in [1.165, 1.54) is 13.0 Å². The first kappa shape index (κ1) is 15.6. The van der Waals surface area contributed by atoms with Crippen LogP contribution in [-0.2, 0) is 11.7 Å². The topological polar surface area (TPSA) is 62.3 Å². The lowest BCUT2D eigenvalue weighted by atomic mass is 10.0. The van der Waals surface area contributed by atoms with Gasteiger partial charge in [-0.3, -0.25) is 4.79 Å². The SMILES string of the molecule is C[C@](O)(Cl)c1ccc(OCc2ccccc2)c2[nH]c(=O)ccc12. The van der Waals surface area contributed by atoms with Gasteiger partial charge in [0.25, 0.3) is 0 Å². The molecule has 3 rings (SSSR count). The van der Waals surface area contributed by atoms with Crippen molar-refractivity contribution in [3.8, 4) is 5.75 Å². The number of fused-ring (bicyclic) bond motifs is 1. The summed E-state index contributed by atoms with van der Waals surface area (Å²) < 4.78 is 5.83. The summed E-state index contributed by atoms with van der Waals surface area (Å²) >= 11 is 6.03. The van der Waals surface area contributed by atoms with Crippen molar-refractivity contribution in [3.05, 3.63) is 76.1 Å². The zero-order valence-corrected chi connectivity index (χ0v) is 13.3. The van der Waals surface area contributed by atoms with E-state index in [0.29, 0.717) is 28.8 Å². The van der Waals surface area contributed by atoms with Gasteiger partial charge in [0.15, 0.2) is 5.06 Å². The number of aromatic amines is 1. The van der Waals surface area contributed by atoms with Gasteiger partial charge in [-0.2, -0.15) is 0 Å². The second-order valence-corrected chi connectivity index (χ2v) is 6.19. The number of aliphatic hydroxyl groups is 1. The molecule has 0 saturated carbocycles. The zero-order valence-electron chi connectivity index (χ0n) is 12.5. The molecule has 23 heavy (non-hydrogen) atoms. The maximum Gasteiger partial charge on any atom is 0.248 e. The summed E-state index contributed by atoms with van der Waals surface area (Å²) in [5.41, 5.74) is 1.81. The van der Waals surface area contributed by atoms with Crippen molar-refractivity contribution in [2.75, 3.05) is 0 Å². The first-order valence-corrected chi connectivity index (χ1v) is 7.57. The van der Waals surface area contributed by atoms with Crippen molar-refractivity contribution in [2.45, 2.75) is 18.6 Å². The molecule has 2 N–H and O–H groups in total. The molecule has 2 aromatic carbocycles. The van der Waals surface area contributed by atoms with Crippen molar-refractivity contribution < 1.29 is 9.84 Å². The molecule has 0 aliphatic carbocycles. The van der Waals surface area contributed by atoms with E-state index >= 15 is 0 Å². The predicted octanol–water partition coefficient (Wildman–Crippen LogP) is 3.51. The molecule has 1 aromatic heterocycles. The summed E-state index contributed by atoms with van der Waals surface area (Å²) in [5, 5.41) is 9.20. The predicted molar refractivity (Wildman–Crippen MR) is 90.8 cm³/mol. The van der Waals surface area contributed by atoms with Gasteiger partial charge in [0.1, 0.15) is 12.4 Å². The van der Waals surface area contributed by atoms with Crippen LogP contribution in [0.4, 0.5) is 0 Å². The Kier molecular flexibility index (Phi) is 4.11. The summed E-state index contributed by atoms with van der Waals surface area (Å²) in [6.07, 6.45) is 0. The Bertz CT molecular complexity index is 882. The van der Waals surface area contributed by atoms with E-state index in [4.69, 9.17) is 16.3 Å². The van der Waals surface area contributed by atoms with Gasteiger partial charge in [-0.15, -0.1) is 0 Å². The Hall–Kier alpha value is -2.30. The third kappa shape index (κ3) is 3.38. The average Bonchev–Trinajstić information content (AvgIpc) is 2.52. The molecule has 0 fully saturated rings. The number of H-pyrrole nitrogens is 1. The highest BCUT2D eigenvalue weighted by Gasteiger charge is 2.23. The molecule has 1 heterocycles. The van der Waals surface area contributed by atoms with Gasteiger partial charge in [0, 0.05) is 17.0 Å². The fourth-order valence-electron chi connectivity index (χ4n) is 2.48. The Morgan fingerprint density at radius 2 is 1.87 bits per heavy atom. The summed E-state index contributed by atoms with van der Waals surface area (Å²) in [7, 11) is 0. The van der Waals surface area contributed by atoms with Gasteiger partial charge < -0.3 is 14.8 Å². The number of rotatable bonds is 4. The maximum absolute atomic E-state index is 11.7. The molecule has 3 aromatic rings. The molecule has 0 bridgehead atoms. The number of nitrogens with one attached hydrogen (secondary N) is 1. The number of hydrogen-bond acceptors (Lipinski definition) is 3. The van der Waals surface area contributed by atoms with E-state index in [9.17, 15) is 9.90 Å². The molecule has 5 heteroatoms. The minimum Gasteiger partial charge on any atom is -0.487 e. The highest BCUT2D eigenvalue weighted by atomic mass is 35.5. The minimum atomic E-state index is -1.53. The van der Waals surface area contributed by atoms with E-state index in [0.717, 1.165) is 5.56 Å². The maximum atomic E-state index is 11.7. The Labute approximate surface area is 138 Å². The molecule has 0 radical (unpaired) electrons. The van der Waals surface area contributed by atoms with E-state index in [1.807, 2.05) is 30.3 Å². The fourth-order valence-corrected chi connectivity index (χ4v) is 2.64. The Balaban J connectivity index is 2.04. The lowest BCUT2D eigenvalue weighted by Gasteiger charge is -2.19. The Morgan fingerprint density at radius 3 is 2.57 bits per heavy atom. The highest BCUT2D eigenvalue weighted by Crippen LogP contribution is 2.34. The van der Waals surface area contributed by atoms with Crippen LogP contribution in [-0.4, -0.2) is 10.1 Å². The molecule has 0 saturated heterocycles. The van der Waals surface area contributed by atoms with Gasteiger partial charge in [-0.05, 0) is 24.6 Å². The van der Waals surface area contributed by atoms with Gasteiger partial charge >= 0.3 is 0 Å². The number of pyridine rings is 1. The number of benzene rings is 2. The molecular weight excluding hydrogens is 314 g/mol. The van der Waals surface area contributed by atoms with Gasteiger partial charge in [-0.25, -0.2) is 0 Å². The highest BCUT2D eigenvalue weighted by molar-refractivity contribution is 6.23. The molecule has 1 atom stereocenters. The standard InChI is InChI=1S/C18H16ClNO3/c1-18(19,22)14-8-9-15(17-13(14)7-10-16(21)20-17)23-11-12-5-3-2-4-6-12/h2-10,22H,11H2,1H3,(H,20,21)/t18-/m1/s1. The minimum absolute atomic E-state index is 0.242. The van der Waals surface area contributed by atoms with Crippen LogP contribution in [0.5, 0.6) is 5.75 Å². The summed E-state index contributed by atoms with van der Waals surface area (Å²) in [4.78, 5) is 14.4. The smallest absolute Gasteiger partial charge is 0.248 e. The zero-order chi connectivity index (χ0) is 16.4. The van der Waals surface area contributed by atoms with E-state index in [2.05, 4.69) is 4.98 Å². The molecule has 0 amide bonds. The lowest BCUT2D eigenvalue weighted by molar-refractivity contribution is 0.152. The average molecular weight is 330 g/mol. The molecule has 0 aliphatic rings. The van der Waals surface area contributed by atoms with Crippen LogP contribution in [0, 0.1) is 0 Å². The van der Waals surface area contributed by atoms with Crippen LogP contribution in [0.2, 0.25) is 0 Å². The number of ether oxygens (including phenoxy) is 1. The summed E-state index contributed by atoms with van der Waals surface area (Å²) in [6, 6.07) is 16.2. The number of halogens is 1. The normalized spacial score (nSPS) is 13.7. The van der Waals surface area contributed by atoms with Gasteiger partial charge in [-0.1, -0.05) is 48.0 Å². The third-order valence-electron chi connectivity index (χ3n) is 3.59. The fraction of sp³-hybridized carbons (Fsp3) is 0.167. The van der Waals surface area contributed by atoms with Crippen LogP contribution in [0.25, 0.3) is 10.9 Å². The van der Waals surface area contributed by atoms with Crippen LogP contribution >= 0.6 is 11.6 Å².